The second-order valence-corrected chi connectivity index (χ2v) is 2.92. The van der Waals surface area contributed by atoms with Crippen molar-refractivity contribution in [3.05, 3.63) is 12.3 Å². The molecule has 0 spiro atoms. The van der Waals surface area contributed by atoms with Crippen LogP contribution in [0.5, 0.6) is 0 Å². The summed E-state index contributed by atoms with van der Waals surface area (Å²) in [5.74, 6) is -2.45. The highest BCUT2D eigenvalue weighted by atomic mass is 16.4. The Bertz CT molecular complexity index is 358. The van der Waals surface area contributed by atoms with Crippen molar-refractivity contribution < 1.29 is 14.7 Å². The summed E-state index contributed by atoms with van der Waals surface area (Å²) in [6.45, 7) is 1.32. The van der Waals surface area contributed by atoms with E-state index in [9.17, 15) is 9.59 Å². The first-order valence-corrected chi connectivity index (χ1v) is 4.04. The predicted octanol–water partition coefficient (Wildman–Crippen LogP) is 0.0793. The molecule has 1 atom stereocenters. The zero-order valence-electron chi connectivity index (χ0n) is 7.89. The number of aromatic nitrogens is 2. The van der Waals surface area contributed by atoms with E-state index in [1.54, 1.807) is 19.3 Å². The zero-order chi connectivity index (χ0) is 10.7. The van der Waals surface area contributed by atoms with Crippen molar-refractivity contribution in [2.45, 2.75) is 6.92 Å². The molecule has 0 fully saturated rings. The molecule has 1 amide bonds. The third-order valence-electron chi connectivity index (χ3n) is 1.73. The number of nitrogens with one attached hydrogen (secondary N) is 1. The Hall–Kier alpha value is -1.85. The molecule has 1 aromatic rings. The number of carboxylic acid groups (broad SMARTS) is 1. The Morgan fingerprint density at radius 1 is 1.64 bits per heavy atom. The Morgan fingerprint density at radius 3 is 2.71 bits per heavy atom. The number of nitrogens with zero attached hydrogens (tertiary/aromatic N) is 2. The summed E-state index contributed by atoms with van der Waals surface area (Å²) in [4.78, 5) is 21.7. The fourth-order valence-electron chi connectivity index (χ4n) is 0.828. The van der Waals surface area contributed by atoms with E-state index in [0.29, 0.717) is 5.82 Å². The molecule has 0 aliphatic carbocycles. The van der Waals surface area contributed by atoms with Crippen molar-refractivity contribution in [2.75, 3.05) is 5.32 Å². The quantitative estimate of drug-likeness (QED) is 0.672. The van der Waals surface area contributed by atoms with Gasteiger partial charge in [0.2, 0.25) is 5.91 Å². The lowest BCUT2D eigenvalue weighted by Gasteiger charge is -2.04. The zero-order valence-corrected chi connectivity index (χ0v) is 7.89. The molecule has 6 heteroatoms. The van der Waals surface area contributed by atoms with Crippen LogP contribution in [0.25, 0.3) is 0 Å². The topological polar surface area (TPSA) is 84.2 Å². The fraction of sp³-hybridized carbons (Fsp3) is 0.375. The third-order valence-corrected chi connectivity index (χ3v) is 1.73. The van der Waals surface area contributed by atoms with E-state index in [-0.39, 0.29) is 0 Å². The molecule has 0 bridgehead atoms. The van der Waals surface area contributed by atoms with Gasteiger partial charge in [-0.05, 0) is 6.92 Å². The smallest absolute Gasteiger partial charge is 0.315 e. The number of carbonyl (C=O) groups excluding carboxylic acids is 1. The van der Waals surface area contributed by atoms with Gasteiger partial charge in [-0.25, -0.2) is 0 Å². The summed E-state index contributed by atoms with van der Waals surface area (Å²) in [5, 5.41) is 14.8. The predicted molar refractivity (Wildman–Crippen MR) is 48.6 cm³/mol. The average molecular weight is 197 g/mol. The summed E-state index contributed by atoms with van der Waals surface area (Å²) in [6, 6.07) is 1.59. The Balaban J connectivity index is 2.61. The minimum Gasteiger partial charge on any atom is -0.481 e. The van der Waals surface area contributed by atoms with Crippen LogP contribution in [0.4, 0.5) is 5.82 Å². The highest BCUT2D eigenvalue weighted by molar-refractivity contribution is 6.03. The lowest BCUT2D eigenvalue weighted by atomic mass is 10.2. The molecule has 6 nitrogen and oxygen atoms in total. The number of hydrogen-bond acceptors (Lipinski definition) is 3. The van der Waals surface area contributed by atoms with Crippen molar-refractivity contribution in [3.8, 4) is 0 Å². The Labute approximate surface area is 80.5 Å². The van der Waals surface area contributed by atoms with E-state index in [2.05, 4.69) is 10.4 Å². The van der Waals surface area contributed by atoms with Gasteiger partial charge in [0, 0.05) is 19.3 Å². The average Bonchev–Trinajstić information content (AvgIpc) is 2.49. The van der Waals surface area contributed by atoms with Gasteiger partial charge in [-0.1, -0.05) is 0 Å². The van der Waals surface area contributed by atoms with Gasteiger partial charge in [-0.3, -0.25) is 14.3 Å². The summed E-state index contributed by atoms with van der Waals surface area (Å²) >= 11 is 0. The molecule has 1 rings (SSSR count). The first-order chi connectivity index (χ1) is 6.50. The van der Waals surface area contributed by atoms with E-state index < -0.39 is 17.8 Å². The van der Waals surface area contributed by atoms with Crippen LogP contribution in [0.1, 0.15) is 6.92 Å². The first kappa shape index (κ1) is 10.2. The molecule has 1 heterocycles. The van der Waals surface area contributed by atoms with Gasteiger partial charge in [0.25, 0.3) is 0 Å². The second kappa shape index (κ2) is 3.91. The maximum Gasteiger partial charge on any atom is 0.315 e. The van der Waals surface area contributed by atoms with E-state index in [1.165, 1.54) is 11.6 Å². The third kappa shape index (κ3) is 2.32. The number of rotatable bonds is 3. The lowest BCUT2D eigenvalue weighted by Crippen LogP contribution is -2.27. The van der Waals surface area contributed by atoms with Gasteiger partial charge < -0.3 is 10.4 Å². The minimum absolute atomic E-state index is 0.352. The Kier molecular flexibility index (Phi) is 2.85. The summed E-state index contributed by atoms with van der Waals surface area (Å²) in [5.41, 5.74) is 0. The maximum absolute atomic E-state index is 11.2. The summed E-state index contributed by atoms with van der Waals surface area (Å²) in [7, 11) is 1.70. The molecule has 2 N–H and O–H groups in total. The summed E-state index contributed by atoms with van der Waals surface area (Å²) in [6.07, 6.45) is 1.65. The van der Waals surface area contributed by atoms with Gasteiger partial charge in [0.15, 0.2) is 5.82 Å². The van der Waals surface area contributed by atoms with Crippen molar-refractivity contribution in [1.29, 1.82) is 0 Å². The molecule has 1 unspecified atom stereocenters. The van der Waals surface area contributed by atoms with Crippen LogP contribution in [-0.4, -0.2) is 26.8 Å². The fourth-order valence-corrected chi connectivity index (χ4v) is 0.828. The van der Waals surface area contributed by atoms with E-state index in [0.717, 1.165) is 0 Å². The SMILES string of the molecule is CC(C(=O)O)C(=O)Nc1ccn(C)n1. The van der Waals surface area contributed by atoms with Crippen LogP contribution in [-0.2, 0) is 16.6 Å². The highest BCUT2D eigenvalue weighted by Gasteiger charge is 2.20. The van der Waals surface area contributed by atoms with Crippen molar-refractivity contribution >= 4 is 17.7 Å². The first-order valence-electron chi connectivity index (χ1n) is 4.04. The normalized spacial score (nSPS) is 12.1. The van der Waals surface area contributed by atoms with Gasteiger partial charge in [0.05, 0.1) is 0 Å². The molecular formula is C8H11N3O3. The molecule has 14 heavy (non-hydrogen) atoms. The maximum atomic E-state index is 11.2. The molecule has 0 aliphatic rings. The number of anilines is 1. The summed E-state index contributed by atoms with van der Waals surface area (Å²) < 4.78 is 1.51. The monoisotopic (exact) mass is 197 g/mol. The number of aryl methyl sites for hydroxylation is 1. The van der Waals surface area contributed by atoms with Crippen molar-refractivity contribution in [3.63, 3.8) is 0 Å². The molecule has 0 saturated heterocycles. The largest absolute Gasteiger partial charge is 0.481 e. The highest BCUT2D eigenvalue weighted by Crippen LogP contribution is 2.04. The van der Waals surface area contributed by atoms with E-state index in [4.69, 9.17) is 5.11 Å². The number of amides is 1. The van der Waals surface area contributed by atoms with Gasteiger partial charge >= 0.3 is 5.97 Å². The van der Waals surface area contributed by atoms with E-state index in [1.807, 2.05) is 0 Å². The molecule has 0 aliphatic heterocycles. The second-order valence-electron chi connectivity index (χ2n) is 2.92. The standard InChI is InChI=1S/C8H11N3O3/c1-5(8(13)14)7(12)9-6-3-4-11(2)10-6/h3-5H,1-2H3,(H,13,14)(H,9,10,12). The van der Waals surface area contributed by atoms with Crippen LogP contribution in [0.15, 0.2) is 12.3 Å². The minimum atomic E-state index is -1.15. The molecule has 0 saturated carbocycles. The Morgan fingerprint density at radius 2 is 2.29 bits per heavy atom. The molecule has 76 valence electrons. The number of aliphatic carboxylic acids is 1. The number of hydrogen-bond donors (Lipinski definition) is 2. The van der Waals surface area contributed by atoms with Gasteiger partial charge in [0.1, 0.15) is 5.92 Å². The molecule has 0 radical (unpaired) electrons. The van der Waals surface area contributed by atoms with Crippen molar-refractivity contribution in [1.82, 2.24) is 9.78 Å². The van der Waals surface area contributed by atoms with Crippen LogP contribution >= 0.6 is 0 Å². The van der Waals surface area contributed by atoms with Crippen molar-refractivity contribution in [2.24, 2.45) is 13.0 Å². The number of carboxylic acids is 1. The van der Waals surface area contributed by atoms with Gasteiger partial charge in [-0.2, -0.15) is 5.10 Å². The molecule has 0 aromatic carbocycles. The van der Waals surface area contributed by atoms with E-state index >= 15 is 0 Å². The lowest BCUT2D eigenvalue weighted by molar-refractivity contribution is -0.144. The van der Waals surface area contributed by atoms with Crippen LogP contribution < -0.4 is 5.32 Å². The van der Waals surface area contributed by atoms with Crippen LogP contribution in [0.3, 0.4) is 0 Å². The number of carbonyl (C=O) groups is 2. The van der Waals surface area contributed by atoms with Crippen LogP contribution in [0, 0.1) is 5.92 Å². The van der Waals surface area contributed by atoms with Gasteiger partial charge in [-0.15, -0.1) is 0 Å². The molecular weight excluding hydrogens is 186 g/mol. The van der Waals surface area contributed by atoms with Crippen LogP contribution in [0.2, 0.25) is 0 Å². The molecule has 1 aromatic heterocycles.